The Balaban J connectivity index is 1.64. The number of anilines is 3. The molecule has 164 valence electrons. The Labute approximate surface area is 185 Å². The molecule has 2 N–H and O–H groups in total. The summed E-state index contributed by atoms with van der Waals surface area (Å²) in [7, 11) is -1.19. The van der Waals surface area contributed by atoms with Crippen molar-refractivity contribution in [3.05, 3.63) is 84.1 Å². The van der Waals surface area contributed by atoms with E-state index in [0.717, 1.165) is 17.0 Å². The van der Waals surface area contributed by atoms with Gasteiger partial charge in [0.15, 0.2) is 0 Å². The van der Waals surface area contributed by atoms with Gasteiger partial charge in [0.25, 0.3) is 0 Å². The van der Waals surface area contributed by atoms with Crippen molar-refractivity contribution in [1.29, 1.82) is 0 Å². The van der Waals surface area contributed by atoms with Crippen LogP contribution in [-0.2, 0) is 23.5 Å². The first-order valence-corrected chi connectivity index (χ1v) is 11.2. The molecule has 0 fully saturated rings. The van der Waals surface area contributed by atoms with Crippen molar-refractivity contribution in [1.82, 2.24) is 9.97 Å². The lowest BCUT2D eigenvalue weighted by Gasteiger charge is -2.15. The first-order chi connectivity index (χ1) is 15.3. The fourth-order valence-electron chi connectivity index (χ4n) is 3.26. The smallest absolute Gasteiger partial charge is 0.365 e. The van der Waals surface area contributed by atoms with Crippen LogP contribution in [0.15, 0.2) is 77.8 Å². The van der Waals surface area contributed by atoms with E-state index in [4.69, 9.17) is 0 Å². The van der Waals surface area contributed by atoms with Gasteiger partial charge in [0.05, 0.1) is 0 Å². The fourth-order valence-corrected chi connectivity index (χ4v) is 3.85. The van der Waals surface area contributed by atoms with Gasteiger partial charge in [0.1, 0.15) is 11.4 Å². The Hall–Kier alpha value is -3.46. The molecule has 0 bridgehead atoms. The zero-order chi connectivity index (χ0) is 22.7. The highest BCUT2D eigenvalue weighted by Crippen LogP contribution is 2.34. The topological polar surface area (TPSA) is 66.9 Å². The Morgan fingerprint density at radius 3 is 2.53 bits per heavy atom. The second-order valence-electron chi connectivity index (χ2n) is 7.06. The molecular weight excluding hydrogens is 437 g/mol. The van der Waals surface area contributed by atoms with Crippen molar-refractivity contribution in [2.45, 2.75) is 17.6 Å². The molecule has 0 saturated carbocycles. The van der Waals surface area contributed by atoms with E-state index >= 15 is 0 Å². The summed E-state index contributed by atoms with van der Waals surface area (Å²) in [6.45, 7) is 0.0822. The minimum Gasteiger partial charge on any atom is -0.365 e. The van der Waals surface area contributed by atoms with Gasteiger partial charge < -0.3 is 10.6 Å². The standard InChI is InChI=1S/C23H19F3N4OS/c1-32(31)17-9-4-6-15(12-17)13-27-21-19(23(24,25)26)14-28-22(30-21)29-20-11-5-8-16-7-2-3-10-18(16)20/h2-12,14H,13H2,1H3,(H2,27,28,29,30). The molecule has 32 heavy (non-hydrogen) atoms. The molecule has 5 nitrogen and oxygen atoms in total. The van der Waals surface area contributed by atoms with Crippen LogP contribution in [0.5, 0.6) is 0 Å². The van der Waals surface area contributed by atoms with Gasteiger partial charge in [-0.3, -0.25) is 4.21 Å². The fraction of sp³-hybridized carbons (Fsp3) is 0.130. The molecule has 4 rings (SSSR count). The Morgan fingerprint density at radius 2 is 1.75 bits per heavy atom. The molecule has 1 unspecified atom stereocenters. The first kappa shape index (κ1) is 21.8. The van der Waals surface area contributed by atoms with E-state index in [1.165, 1.54) is 0 Å². The largest absolute Gasteiger partial charge is 0.421 e. The van der Waals surface area contributed by atoms with Crippen LogP contribution >= 0.6 is 0 Å². The molecule has 0 aliphatic carbocycles. The van der Waals surface area contributed by atoms with E-state index in [2.05, 4.69) is 20.6 Å². The molecular formula is C23H19F3N4OS. The van der Waals surface area contributed by atoms with Crippen LogP contribution in [0.3, 0.4) is 0 Å². The van der Waals surface area contributed by atoms with Crippen molar-refractivity contribution in [3.63, 3.8) is 0 Å². The zero-order valence-corrected chi connectivity index (χ0v) is 17.8. The van der Waals surface area contributed by atoms with E-state index in [-0.39, 0.29) is 18.3 Å². The van der Waals surface area contributed by atoms with Crippen LogP contribution in [0.25, 0.3) is 10.8 Å². The summed E-state index contributed by atoms with van der Waals surface area (Å²) in [6.07, 6.45) is -2.31. The molecule has 3 aromatic carbocycles. The van der Waals surface area contributed by atoms with Crippen LogP contribution in [-0.4, -0.2) is 20.4 Å². The minimum atomic E-state index is -4.62. The Morgan fingerprint density at radius 1 is 1.00 bits per heavy atom. The third-order valence-electron chi connectivity index (χ3n) is 4.82. The van der Waals surface area contributed by atoms with Gasteiger partial charge in [0.2, 0.25) is 5.95 Å². The summed E-state index contributed by atoms with van der Waals surface area (Å²) in [5.74, 6) is -0.293. The number of nitrogens with one attached hydrogen (secondary N) is 2. The molecule has 9 heteroatoms. The lowest BCUT2D eigenvalue weighted by molar-refractivity contribution is -0.137. The third-order valence-corrected chi connectivity index (χ3v) is 5.74. The lowest BCUT2D eigenvalue weighted by atomic mass is 10.1. The zero-order valence-electron chi connectivity index (χ0n) is 17.0. The SMILES string of the molecule is CS(=O)c1cccc(CNc2nc(Nc3cccc4ccccc34)ncc2C(F)(F)F)c1. The summed E-state index contributed by atoms with van der Waals surface area (Å²) in [4.78, 5) is 8.58. The van der Waals surface area contributed by atoms with Crippen molar-refractivity contribution < 1.29 is 17.4 Å². The third kappa shape index (κ3) is 4.88. The number of halogens is 3. The number of rotatable bonds is 6. The number of hydrogen-bond donors (Lipinski definition) is 2. The van der Waals surface area contributed by atoms with Gasteiger partial charge in [-0.1, -0.05) is 48.5 Å². The van der Waals surface area contributed by atoms with Crippen molar-refractivity contribution in [2.75, 3.05) is 16.9 Å². The summed E-state index contributed by atoms with van der Waals surface area (Å²) in [5, 5.41) is 7.66. The van der Waals surface area contributed by atoms with Crippen LogP contribution < -0.4 is 10.6 Å². The van der Waals surface area contributed by atoms with Gasteiger partial charge >= 0.3 is 6.18 Å². The Bertz CT molecular complexity index is 1290. The van der Waals surface area contributed by atoms with E-state index < -0.39 is 22.5 Å². The van der Waals surface area contributed by atoms with Gasteiger partial charge in [-0.05, 0) is 29.1 Å². The molecule has 0 amide bonds. The van der Waals surface area contributed by atoms with Gasteiger partial charge in [-0.15, -0.1) is 0 Å². The second kappa shape index (κ2) is 8.96. The van der Waals surface area contributed by atoms with Crippen molar-refractivity contribution in [2.24, 2.45) is 0 Å². The summed E-state index contributed by atoms with van der Waals surface area (Å²) >= 11 is 0. The van der Waals surface area contributed by atoms with Gasteiger partial charge in [0, 0.05) is 45.8 Å². The normalized spacial score (nSPS) is 12.5. The maximum Gasteiger partial charge on any atom is 0.421 e. The van der Waals surface area contributed by atoms with Crippen LogP contribution in [0.4, 0.5) is 30.6 Å². The maximum atomic E-state index is 13.5. The molecule has 4 aromatic rings. The minimum absolute atomic E-state index is 0.0419. The molecule has 1 aromatic heterocycles. The van der Waals surface area contributed by atoms with E-state index in [1.807, 2.05) is 42.5 Å². The van der Waals surface area contributed by atoms with Crippen LogP contribution in [0.1, 0.15) is 11.1 Å². The average molecular weight is 456 g/mol. The molecule has 1 atom stereocenters. The highest BCUT2D eigenvalue weighted by molar-refractivity contribution is 7.84. The van der Waals surface area contributed by atoms with Crippen molar-refractivity contribution in [3.8, 4) is 0 Å². The lowest BCUT2D eigenvalue weighted by Crippen LogP contribution is -2.14. The van der Waals surface area contributed by atoms with Crippen molar-refractivity contribution >= 4 is 39.0 Å². The molecule has 0 spiro atoms. The Kier molecular flexibility index (Phi) is 6.09. The molecule has 1 heterocycles. The van der Waals surface area contributed by atoms with Gasteiger partial charge in [-0.2, -0.15) is 18.2 Å². The summed E-state index contributed by atoms with van der Waals surface area (Å²) in [6, 6.07) is 20.1. The predicted octanol–water partition coefficient (Wildman–Crippen LogP) is 5.74. The average Bonchev–Trinajstić information content (AvgIpc) is 2.77. The number of alkyl halides is 3. The monoisotopic (exact) mass is 456 g/mol. The van der Waals surface area contributed by atoms with E-state index in [9.17, 15) is 17.4 Å². The molecule has 0 saturated heterocycles. The molecule has 0 aliphatic heterocycles. The molecule has 0 aliphatic rings. The van der Waals surface area contributed by atoms with E-state index in [1.54, 1.807) is 30.5 Å². The second-order valence-corrected chi connectivity index (χ2v) is 8.44. The molecule has 0 radical (unpaired) electrons. The van der Waals surface area contributed by atoms with Crippen LogP contribution in [0, 0.1) is 0 Å². The highest BCUT2D eigenvalue weighted by Gasteiger charge is 2.35. The highest BCUT2D eigenvalue weighted by atomic mass is 32.2. The number of hydrogen-bond acceptors (Lipinski definition) is 5. The first-order valence-electron chi connectivity index (χ1n) is 9.66. The predicted molar refractivity (Wildman–Crippen MR) is 120 cm³/mol. The van der Waals surface area contributed by atoms with Crippen LogP contribution in [0.2, 0.25) is 0 Å². The number of benzene rings is 3. The number of nitrogens with zero attached hydrogens (tertiary/aromatic N) is 2. The van der Waals surface area contributed by atoms with Gasteiger partial charge in [-0.25, -0.2) is 4.98 Å². The maximum absolute atomic E-state index is 13.5. The number of aromatic nitrogens is 2. The number of fused-ring (bicyclic) bond motifs is 1. The summed E-state index contributed by atoms with van der Waals surface area (Å²) in [5.41, 5.74) is 0.413. The van der Waals surface area contributed by atoms with E-state index in [0.29, 0.717) is 16.1 Å². The quantitative estimate of drug-likeness (QED) is 0.387. The summed E-state index contributed by atoms with van der Waals surface area (Å²) < 4.78 is 52.3.